The van der Waals surface area contributed by atoms with Crippen LogP contribution in [0.3, 0.4) is 0 Å². The number of nitrogens with zero attached hydrogens (tertiary/aromatic N) is 2. The van der Waals surface area contributed by atoms with Gasteiger partial charge < -0.3 is 10.1 Å². The highest BCUT2D eigenvalue weighted by atomic mass is 16.5. The number of hydrogen-bond donors (Lipinski definition) is 1. The van der Waals surface area contributed by atoms with Crippen LogP contribution in [0.15, 0.2) is 6.07 Å². The summed E-state index contributed by atoms with van der Waals surface area (Å²) in [6.07, 6.45) is 1.79. The van der Waals surface area contributed by atoms with Crippen LogP contribution in [0.1, 0.15) is 46.9 Å². The first kappa shape index (κ1) is 13.7. The topological polar surface area (TPSA) is 47.0 Å². The molecule has 17 heavy (non-hydrogen) atoms. The van der Waals surface area contributed by atoms with Crippen LogP contribution < -0.4 is 10.1 Å². The van der Waals surface area contributed by atoms with Crippen LogP contribution in [0, 0.1) is 0 Å². The molecule has 4 heteroatoms. The zero-order valence-electron chi connectivity index (χ0n) is 11.5. The summed E-state index contributed by atoms with van der Waals surface area (Å²) in [6.45, 7) is 11.1. The number of nitrogens with one attached hydrogen (secondary N) is 1. The van der Waals surface area contributed by atoms with Crippen molar-refractivity contribution < 1.29 is 4.74 Å². The van der Waals surface area contributed by atoms with Gasteiger partial charge in [0.25, 0.3) is 0 Å². The smallest absolute Gasteiger partial charge is 0.218 e. The SMILES string of the molecule is CCCOc1cc(NC(C)(C)C)nc(CC)n1. The molecule has 1 heterocycles. The van der Waals surface area contributed by atoms with Crippen molar-refractivity contribution in [3.8, 4) is 5.88 Å². The van der Waals surface area contributed by atoms with Crippen molar-refractivity contribution in [2.75, 3.05) is 11.9 Å². The fourth-order valence-electron chi connectivity index (χ4n) is 1.36. The van der Waals surface area contributed by atoms with E-state index in [1.807, 2.05) is 13.0 Å². The lowest BCUT2D eigenvalue weighted by molar-refractivity contribution is 0.304. The summed E-state index contributed by atoms with van der Waals surface area (Å²) in [5.74, 6) is 2.30. The van der Waals surface area contributed by atoms with Gasteiger partial charge >= 0.3 is 0 Å². The maximum Gasteiger partial charge on any atom is 0.218 e. The molecule has 0 aliphatic rings. The van der Waals surface area contributed by atoms with Gasteiger partial charge in [0.1, 0.15) is 11.6 Å². The van der Waals surface area contributed by atoms with E-state index in [1.165, 1.54) is 0 Å². The Hall–Kier alpha value is -1.32. The Labute approximate surface area is 104 Å². The third-order valence-electron chi connectivity index (χ3n) is 2.02. The number of aromatic nitrogens is 2. The molecule has 0 radical (unpaired) electrons. The van der Waals surface area contributed by atoms with Crippen LogP contribution in [-0.2, 0) is 6.42 Å². The first-order chi connectivity index (χ1) is 7.94. The molecule has 0 unspecified atom stereocenters. The number of aryl methyl sites for hydroxylation is 1. The lowest BCUT2D eigenvalue weighted by atomic mass is 10.1. The summed E-state index contributed by atoms with van der Waals surface area (Å²) in [7, 11) is 0. The zero-order chi connectivity index (χ0) is 12.9. The van der Waals surface area contributed by atoms with Gasteiger partial charge in [-0.25, -0.2) is 4.98 Å². The number of ether oxygens (including phenoxy) is 1. The highest BCUT2D eigenvalue weighted by molar-refractivity contribution is 5.40. The first-order valence-corrected chi connectivity index (χ1v) is 6.23. The monoisotopic (exact) mass is 237 g/mol. The quantitative estimate of drug-likeness (QED) is 0.855. The molecular weight excluding hydrogens is 214 g/mol. The molecule has 0 saturated heterocycles. The molecule has 0 aromatic carbocycles. The Balaban J connectivity index is 2.88. The number of hydrogen-bond acceptors (Lipinski definition) is 4. The van der Waals surface area contributed by atoms with E-state index in [2.05, 4.69) is 43.0 Å². The van der Waals surface area contributed by atoms with Gasteiger partial charge in [-0.3, -0.25) is 0 Å². The highest BCUT2D eigenvalue weighted by Crippen LogP contribution is 2.18. The average Bonchev–Trinajstić information content (AvgIpc) is 2.23. The summed E-state index contributed by atoms with van der Waals surface area (Å²) in [5, 5.41) is 3.34. The minimum Gasteiger partial charge on any atom is -0.478 e. The van der Waals surface area contributed by atoms with E-state index in [0.29, 0.717) is 12.5 Å². The van der Waals surface area contributed by atoms with Crippen LogP contribution in [-0.4, -0.2) is 22.1 Å². The molecule has 1 N–H and O–H groups in total. The second-order valence-electron chi connectivity index (χ2n) is 5.08. The van der Waals surface area contributed by atoms with E-state index in [9.17, 15) is 0 Å². The summed E-state index contributed by atoms with van der Waals surface area (Å²) >= 11 is 0. The van der Waals surface area contributed by atoms with Crippen molar-refractivity contribution >= 4 is 5.82 Å². The lowest BCUT2D eigenvalue weighted by Gasteiger charge is -2.21. The Bertz CT molecular complexity index is 358. The third-order valence-corrected chi connectivity index (χ3v) is 2.02. The second-order valence-corrected chi connectivity index (χ2v) is 5.08. The van der Waals surface area contributed by atoms with Crippen molar-refractivity contribution in [2.45, 2.75) is 53.0 Å². The Morgan fingerprint density at radius 3 is 2.47 bits per heavy atom. The van der Waals surface area contributed by atoms with Gasteiger partial charge in [-0.1, -0.05) is 13.8 Å². The first-order valence-electron chi connectivity index (χ1n) is 6.23. The number of rotatable bonds is 5. The van der Waals surface area contributed by atoms with Crippen molar-refractivity contribution in [3.63, 3.8) is 0 Å². The van der Waals surface area contributed by atoms with Gasteiger partial charge in [-0.15, -0.1) is 0 Å². The number of anilines is 1. The largest absolute Gasteiger partial charge is 0.478 e. The Morgan fingerprint density at radius 1 is 1.24 bits per heavy atom. The van der Waals surface area contributed by atoms with Gasteiger partial charge in [0.2, 0.25) is 5.88 Å². The van der Waals surface area contributed by atoms with E-state index < -0.39 is 0 Å². The van der Waals surface area contributed by atoms with Crippen molar-refractivity contribution in [2.24, 2.45) is 0 Å². The van der Waals surface area contributed by atoms with Crippen molar-refractivity contribution in [1.82, 2.24) is 9.97 Å². The summed E-state index contributed by atoms with van der Waals surface area (Å²) < 4.78 is 5.56. The molecule has 0 spiro atoms. The fraction of sp³-hybridized carbons (Fsp3) is 0.692. The minimum absolute atomic E-state index is 0.0125. The molecule has 0 aliphatic carbocycles. The highest BCUT2D eigenvalue weighted by Gasteiger charge is 2.12. The van der Waals surface area contributed by atoms with Crippen LogP contribution >= 0.6 is 0 Å². The lowest BCUT2D eigenvalue weighted by Crippen LogP contribution is -2.27. The van der Waals surface area contributed by atoms with Gasteiger partial charge in [0, 0.05) is 18.0 Å². The van der Waals surface area contributed by atoms with E-state index in [-0.39, 0.29) is 5.54 Å². The standard InChI is InChI=1S/C13H23N3O/c1-6-8-17-12-9-11(16-13(3,4)5)14-10(7-2)15-12/h9H,6-8H2,1-5H3,(H,14,15,16). The van der Waals surface area contributed by atoms with Crippen LogP contribution in [0.25, 0.3) is 0 Å². The van der Waals surface area contributed by atoms with Crippen LogP contribution in [0.2, 0.25) is 0 Å². The molecule has 0 amide bonds. The van der Waals surface area contributed by atoms with E-state index in [4.69, 9.17) is 4.74 Å². The molecule has 1 aromatic rings. The molecule has 0 saturated carbocycles. The molecular formula is C13H23N3O. The van der Waals surface area contributed by atoms with Gasteiger partial charge in [-0.05, 0) is 27.2 Å². The molecule has 0 atom stereocenters. The van der Waals surface area contributed by atoms with Gasteiger partial charge in [0.15, 0.2) is 0 Å². The van der Waals surface area contributed by atoms with Gasteiger partial charge in [-0.2, -0.15) is 4.98 Å². The predicted molar refractivity (Wildman–Crippen MR) is 70.6 cm³/mol. The minimum atomic E-state index is -0.0125. The van der Waals surface area contributed by atoms with Crippen LogP contribution in [0.4, 0.5) is 5.82 Å². The van der Waals surface area contributed by atoms with E-state index in [0.717, 1.165) is 24.5 Å². The summed E-state index contributed by atoms with van der Waals surface area (Å²) in [6, 6.07) is 1.86. The molecule has 96 valence electrons. The predicted octanol–water partition coefficient (Wildman–Crippen LogP) is 3.04. The van der Waals surface area contributed by atoms with Gasteiger partial charge in [0.05, 0.1) is 6.61 Å². The molecule has 1 rings (SSSR count). The summed E-state index contributed by atoms with van der Waals surface area (Å²) in [4.78, 5) is 8.79. The molecule has 0 aliphatic heterocycles. The molecule has 4 nitrogen and oxygen atoms in total. The third kappa shape index (κ3) is 5.02. The maximum atomic E-state index is 5.56. The fourth-order valence-corrected chi connectivity index (χ4v) is 1.36. The zero-order valence-corrected chi connectivity index (χ0v) is 11.5. The molecule has 0 bridgehead atoms. The second kappa shape index (κ2) is 5.84. The normalized spacial score (nSPS) is 11.4. The average molecular weight is 237 g/mol. The van der Waals surface area contributed by atoms with Crippen molar-refractivity contribution in [1.29, 1.82) is 0 Å². The maximum absolute atomic E-state index is 5.56. The molecule has 1 aromatic heterocycles. The van der Waals surface area contributed by atoms with E-state index in [1.54, 1.807) is 0 Å². The van der Waals surface area contributed by atoms with E-state index >= 15 is 0 Å². The Kier molecular flexibility index (Phi) is 4.73. The summed E-state index contributed by atoms with van der Waals surface area (Å²) in [5.41, 5.74) is -0.0125. The van der Waals surface area contributed by atoms with Crippen LogP contribution in [0.5, 0.6) is 5.88 Å². The van der Waals surface area contributed by atoms with Crippen molar-refractivity contribution in [3.05, 3.63) is 11.9 Å². The Morgan fingerprint density at radius 2 is 1.94 bits per heavy atom. The molecule has 0 fully saturated rings.